The van der Waals surface area contributed by atoms with Crippen LogP contribution in [-0.2, 0) is 4.79 Å². The van der Waals surface area contributed by atoms with Gasteiger partial charge in [0.05, 0.1) is 17.0 Å². The maximum atomic E-state index is 13.3. The summed E-state index contributed by atoms with van der Waals surface area (Å²) in [4.78, 5) is 31.2. The Labute approximate surface area is 153 Å². The molecule has 1 N–H and O–H groups in total. The summed E-state index contributed by atoms with van der Waals surface area (Å²) in [6, 6.07) is 6.07. The number of carboxylic acid groups (broad SMARTS) is 1. The predicted molar refractivity (Wildman–Crippen MR) is 99.5 cm³/mol. The molecule has 26 heavy (non-hydrogen) atoms. The second-order valence-electron chi connectivity index (χ2n) is 7.78. The minimum atomic E-state index is -0.813. The van der Waals surface area contributed by atoms with E-state index in [0.29, 0.717) is 31.0 Å². The number of rotatable bonds is 3. The molecule has 2 aromatic rings. The summed E-state index contributed by atoms with van der Waals surface area (Å²) in [5, 5.41) is 10.2. The van der Waals surface area contributed by atoms with Gasteiger partial charge in [0.15, 0.2) is 0 Å². The Balaban J connectivity index is 1.79. The Bertz CT molecular complexity index is 902. The zero-order valence-corrected chi connectivity index (χ0v) is 15.3. The van der Waals surface area contributed by atoms with Crippen molar-refractivity contribution in [2.45, 2.75) is 45.4 Å². The van der Waals surface area contributed by atoms with Gasteiger partial charge in [-0.25, -0.2) is 0 Å². The van der Waals surface area contributed by atoms with Crippen molar-refractivity contribution in [2.24, 2.45) is 5.92 Å². The van der Waals surface area contributed by atoms with E-state index >= 15 is 0 Å². The standard InChI is InChI=1S/C21H24N2O3/c1-12-8-13(2)19-16(9-12)17(10-18(22-19)14-5-6-14)20(24)23-7-3-4-15(11-23)21(25)26/h8-10,14-15H,3-7,11H2,1-2H3,(H,25,26)/t15-/m0/s1. The number of amides is 1. The highest BCUT2D eigenvalue weighted by atomic mass is 16.4. The van der Waals surface area contributed by atoms with Gasteiger partial charge < -0.3 is 10.0 Å². The van der Waals surface area contributed by atoms with Gasteiger partial charge in [-0.05, 0) is 57.2 Å². The minimum absolute atomic E-state index is 0.0600. The molecule has 4 rings (SSSR count). The number of aryl methyl sites for hydroxylation is 2. The van der Waals surface area contributed by atoms with Gasteiger partial charge in [-0.3, -0.25) is 14.6 Å². The van der Waals surface area contributed by atoms with Gasteiger partial charge in [-0.2, -0.15) is 0 Å². The lowest BCUT2D eigenvalue weighted by molar-refractivity contribution is -0.143. The predicted octanol–water partition coefficient (Wildman–Crippen LogP) is 3.67. The molecule has 1 amide bonds. The molecule has 2 heterocycles. The van der Waals surface area contributed by atoms with Crippen LogP contribution in [0, 0.1) is 19.8 Å². The number of likely N-dealkylation sites (tertiary alicyclic amines) is 1. The summed E-state index contributed by atoms with van der Waals surface area (Å²) in [5.74, 6) is -0.880. The number of carbonyl (C=O) groups is 2. The summed E-state index contributed by atoms with van der Waals surface area (Å²) in [6.07, 6.45) is 3.63. The molecule has 1 saturated carbocycles. The molecule has 1 aromatic heterocycles. The van der Waals surface area contributed by atoms with E-state index in [1.807, 2.05) is 26.0 Å². The Morgan fingerprint density at radius 3 is 2.62 bits per heavy atom. The molecule has 5 heteroatoms. The lowest BCUT2D eigenvalue weighted by Gasteiger charge is -2.31. The molecule has 1 saturated heterocycles. The van der Waals surface area contributed by atoms with Crippen molar-refractivity contribution in [2.75, 3.05) is 13.1 Å². The second kappa shape index (κ2) is 6.38. The number of hydrogen-bond donors (Lipinski definition) is 1. The molecule has 0 radical (unpaired) electrons. The van der Waals surface area contributed by atoms with E-state index < -0.39 is 11.9 Å². The van der Waals surface area contributed by atoms with Crippen molar-refractivity contribution in [1.82, 2.24) is 9.88 Å². The Morgan fingerprint density at radius 2 is 1.92 bits per heavy atom. The molecule has 0 bridgehead atoms. The Hall–Kier alpha value is -2.43. The lowest BCUT2D eigenvalue weighted by atomic mass is 9.96. The monoisotopic (exact) mass is 352 g/mol. The van der Waals surface area contributed by atoms with Crippen LogP contribution in [0.15, 0.2) is 18.2 Å². The smallest absolute Gasteiger partial charge is 0.308 e. The number of aromatic nitrogens is 1. The van der Waals surface area contributed by atoms with Crippen LogP contribution in [0.3, 0.4) is 0 Å². The fourth-order valence-corrected chi connectivity index (χ4v) is 4.00. The van der Waals surface area contributed by atoms with Gasteiger partial charge in [0, 0.05) is 30.1 Å². The zero-order valence-electron chi connectivity index (χ0n) is 15.3. The summed E-state index contributed by atoms with van der Waals surface area (Å²) in [6.45, 7) is 4.98. The van der Waals surface area contributed by atoms with Crippen molar-refractivity contribution in [3.8, 4) is 0 Å². The number of benzene rings is 1. The number of carboxylic acids is 1. The van der Waals surface area contributed by atoms with E-state index in [1.54, 1.807) is 4.90 Å². The zero-order chi connectivity index (χ0) is 18.4. The maximum Gasteiger partial charge on any atom is 0.308 e. The second-order valence-corrected chi connectivity index (χ2v) is 7.78. The molecule has 0 spiro atoms. The third-order valence-electron chi connectivity index (χ3n) is 5.55. The molecule has 1 atom stereocenters. The summed E-state index contributed by atoms with van der Waals surface area (Å²) in [7, 11) is 0. The van der Waals surface area contributed by atoms with Crippen LogP contribution < -0.4 is 0 Å². The summed E-state index contributed by atoms with van der Waals surface area (Å²) < 4.78 is 0. The van der Waals surface area contributed by atoms with E-state index in [2.05, 4.69) is 6.07 Å². The van der Waals surface area contributed by atoms with E-state index in [1.165, 1.54) is 0 Å². The van der Waals surface area contributed by atoms with Crippen molar-refractivity contribution < 1.29 is 14.7 Å². The van der Waals surface area contributed by atoms with Gasteiger partial charge in [-0.15, -0.1) is 0 Å². The largest absolute Gasteiger partial charge is 0.481 e. The molecule has 1 aromatic carbocycles. The number of carbonyl (C=O) groups excluding carboxylic acids is 1. The number of aliphatic carboxylic acids is 1. The fourth-order valence-electron chi connectivity index (χ4n) is 4.00. The van der Waals surface area contributed by atoms with Crippen LogP contribution in [-0.4, -0.2) is 40.0 Å². The highest BCUT2D eigenvalue weighted by molar-refractivity contribution is 6.07. The highest BCUT2D eigenvalue weighted by Crippen LogP contribution is 2.41. The number of pyridine rings is 1. The van der Waals surface area contributed by atoms with Crippen LogP contribution in [0.25, 0.3) is 10.9 Å². The average Bonchev–Trinajstić information content (AvgIpc) is 3.45. The number of fused-ring (bicyclic) bond motifs is 1. The van der Waals surface area contributed by atoms with Gasteiger partial charge in [-0.1, -0.05) is 11.6 Å². The van der Waals surface area contributed by atoms with E-state index in [4.69, 9.17) is 4.98 Å². The van der Waals surface area contributed by atoms with Crippen LogP contribution in [0.1, 0.15) is 58.8 Å². The number of hydrogen-bond acceptors (Lipinski definition) is 3. The summed E-state index contributed by atoms with van der Waals surface area (Å²) in [5.41, 5.74) is 4.76. The van der Waals surface area contributed by atoms with E-state index in [9.17, 15) is 14.7 Å². The van der Waals surface area contributed by atoms with E-state index in [0.717, 1.165) is 47.0 Å². The molecular formula is C21H24N2O3. The first-order chi connectivity index (χ1) is 12.4. The lowest BCUT2D eigenvalue weighted by Crippen LogP contribution is -2.42. The number of piperidine rings is 1. The van der Waals surface area contributed by atoms with Crippen molar-refractivity contribution >= 4 is 22.8 Å². The first-order valence-corrected chi connectivity index (χ1v) is 9.38. The quantitative estimate of drug-likeness (QED) is 0.915. The fraction of sp³-hybridized carbons (Fsp3) is 0.476. The molecule has 2 aliphatic rings. The first kappa shape index (κ1) is 17.0. The van der Waals surface area contributed by atoms with Crippen molar-refractivity contribution in [3.05, 3.63) is 40.6 Å². The van der Waals surface area contributed by atoms with Crippen molar-refractivity contribution in [1.29, 1.82) is 0 Å². The van der Waals surface area contributed by atoms with Gasteiger partial charge in [0.1, 0.15) is 0 Å². The summed E-state index contributed by atoms with van der Waals surface area (Å²) >= 11 is 0. The molecule has 0 unspecified atom stereocenters. The topological polar surface area (TPSA) is 70.5 Å². The molecule has 2 fully saturated rings. The minimum Gasteiger partial charge on any atom is -0.481 e. The third kappa shape index (κ3) is 3.06. The van der Waals surface area contributed by atoms with E-state index in [-0.39, 0.29) is 5.91 Å². The third-order valence-corrected chi connectivity index (χ3v) is 5.55. The van der Waals surface area contributed by atoms with Gasteiger partial charge in [0.25, 0.3) is 5.91 Å². The SMILES string of the molecule is Cc1cc(C)c2nc(C3CC3)cc(C(=O)N3CCC[C@H](C(=O)O)C3)c2c1. The molecular weight excluding hydrogens is 328 g/mol. The van der Waals surface area contributed by atoms with Crippen LogP contribution in [0.5, 0.6) is 0 Å². The van der Waals surface area contributed by atoms with Gasteiger partial charge in [0.2, 0.25) is 0 Å². The molecule has 136 valence electrons. The Kier molecular flexibility index (Phi) is 4.17. The molecule has 1 aliphatic heterocycles. The average molecular weight is 352 g/mol. The van der Waals surface area contributed by atoms with Crippen LogP contribution >= 0.6 is 0 Å². The maximum absolute atomic E-state index is 13.3. The van der Waals surface area contributed by atoms with Crippen molar-refractivity contribution in [3.63, 3.8) is 0 Å². The first-order valence-electron chi connectivity index (χ1n) is 9.38. The number of nitrogens with zero attached hydrogens (tertiary/aromatic N) is 2. The molecule has 1 aliphatic carbocycles. The molecule has 5 nitrogen and oxygen atoms in total. The van der Waals surface area contributed by atoms with Crippen LogP contribution in [0.2, 0.25) is 0 Å². The highest BCUT2D eigenvalue weighted by Gasteiger charge is 2.31. The normalized spacial score (nSPS) is 20.4. The Morgan fingerprint density at radius 1 is 1.15 bits per heavy atom. The van der Waals surface area contributed by atoms with Crippen LogP contribution in [0.4, 0.5) is 0 Å². The van der Waals surface area contributed by atoms with Gasteiger partial charge >= 0.3 is 5.97 Å².